The van der Waals surface area contributed by atoms with Crippen LogP contribution in [-0.2, 0) is 9.53 Å². The number of urea groups is 1. The Kier molecular flexibility index (Phi) is 11.2. The summed E-state index contributed by atoms with van der Waals surface area (Å²) >= 11 is 0. The Bertz CT molecular complexity index is 1280. The van der Waals surface area contributed by atoms with E-state index in [0.29, 0.717) is 40.9 Å². The van der Waals surface area contributed by atoms with E-state index in [1.807, 2.05) is 32.9 Å². The molecule has 2 aromatic carbocycles. The largest absolute Gasteiger partial charge is 0.493 e. The minimum absolute atomic E-state index is 0.0588. The molecule has 1 aliphatic heterocycles. The van der Waals surface area contributed by atoms with Crippen molar-refractivity contribution >= 4 is 18.2 Å². The topological polar surface area (TPSA) is 149 Å². The first-order chi connectivity index (χ1) is 19.7. The highest BCUT2D eigenvalue weighted by Gasteiger charge is 2.32. The van der Waals surface area contributed by atoms with Crippen LogP contribution in [-0.4, -0.2) is 63.1 Å². The zero-order chi connectivity index (χ0) is 29.9. The second-order valence-corrected chi connectivity index (χ2v) is 9.16. The molecular weight excluding hydrogens is 532 g/mol. The molecule has 2 aromatic rings. The molecule has 3 rings (SSSR count). The van der Waals surface area contributed by atoms with E-state index in [2.05, 4.69) is 21.2 Å². The highest BCUT2D eigenvalue weighted by Crippen LogP contribution is 2.35. The van der Waals surface area contributed by atoms with Crippen molar-refractivity contribution < 1.29 is 38.4 Å². The lowest BCUT2D eigenvalue weighted by Crippen LogP contribution is -2.45. The molecule has 3 atom stereocenters. The lowest BCUT2D eigenvalue weighted by molar-refractivity contribution is -0.136. The van der Waals surface area contributed by atoms with E-state index >= 15 is 0 Å². The van der Waals surface area contributed by atoms with Crippen LogP contribution >= 0.6 is 0 Å². The predicted molar refractivity (Wildman–Crippen MR) is 152 cm³/mol. The Morgan fingerprint density at radius 2 is 1.85 bits per heavy atom. The zero-order valence-corrected chi connectivity index (χ0v) is 24.1. The van der Waals surface area contributed by atoms with Gasteiger partial charge in [0, 0.05) is 5.70 Å². The number of nitrogens with zero attached hydrogens (tertiary/aromatic N) is 1. The summed E-state index contributed by atoms with van der Waals surface area (Å²) in [6.45, 7) is 7.67. The Morgan fingerprint density at radius 1 is 1.10 bits per heavy atom. The summed E-state index contributed by atoms with van der Waals surface area (Å²) in [5, 5.41) is 19.8. The minimum Gasteiger partial charge on any atom is -0.493 e. The number of aliphatic hydroxyl groups is 1. The van der Waals surface area contributed by atoms with Gasteiger partial charge < -0.3 is 39.4 Å². The van der Waals surface area contributed by atoms with Crippen LogP contribution in [0, 0.1) is 0 Å². The molecule has 0 spiro atoms. The van der Waals surface area contributed by atoms with Crippen molar-refractivity contribution in [1.82, 2.24) is 16.1 Å². The third-order valence-corrected chi connectivity index (χ3v) is 6.20. The first kappa shape index (κ1) is 31.1. The smallest absolute Gasteiger partial charge is 0.337 e. The van der Waals surface area contributed by atoms with Crippen LogP contribution in [0.1, 0.15) is 51.3 Å². The molecule has 0 saturated carbocycles. The monoisotopic (exact) mass is 570 g/mol. The number of amides is 2. The maximum Gasteiger partial charge on any atom is 0.337 e. The van der Waals surface area contributed by atoms with E-state index in [9.17, 15) is 14.7 Å². The number of carbonyl (C=O) groups is 2. The van der Waals surface area contributed by atoms with E-state index in [0.717, 1.165) is 12.0 Å². The summed E-state index contributed by atoms with van der Waals surface area (Å²) < 4.78 is 27.7. The third-order valence-electron chi connectivity index (χ3n) is 6.20. The molecule has 4 N–H and O–H groups in total. The summed E-state index contributed by atoms with van der Waals surface area (Å²) in [4.78, 5) is 24.5. The van der Waals surface area contributed by atoms with Crippen molar-refractivity contribution in [2.75, 3.05) is 27.4 Å². The first-order valence-corrected chi connectivity index (χ1v) is 13.3. The maximum absolute atomic E-state index is 12.4. The molecule has 1 heterocycles. The van der Waals surface area contributed by atoms with E-state index in [1.165, 1.54) is 7.11 Å². The molecule has 41 heavy (non-hydrogen) atoms. The first-order valence-electron chi connectivity index (χ1n) is 13.3. The Labute approximate surface area is 239 Å². The fraction of sp³-hybridized carbons (Fsp3) is 0.414. The number of allylic oxidation sites excluding steroid dienone is 1. The summed E-state index contributed by atoms with van der Waals surface area (Å²) in [6.07, 6.45) is 1.34. The van der Waals surface area contributed by atoms with Gasteiger partial charge in [0.25, 0.3) is 0 Å². The number of rotatable bonds is 14. The number of esters is 1. The number of aliphatic hydroxyl groups excluding tert-OH is 1. The van der Waals surface area contributed by atoms with Crippen molar-refractivity contribution in [3.05, 3.63) is 58.8 Å². The quantitative estimate of drug-likeness (QED) is 0.116. The minimum atomic E-state index is -1.13. The van der Waals surface area contributed by atoms with Gasteiger partial charge in [0.2, 0.25) is 0 Å². The molecule has 2 amide bonds. The van der Waals surface area contributed by atoms with Gasteiger partial charge >= 0.3 is 12.0 Å². The molecule has 1 aliphatic rings. The predicted octanol–water partition coefficient (Wildman–Crippen LogP) is 3.39. The van der Waals surface area contributed by atoms with Crippen LogP contribution < -0.4 is 35.0 Å². The lowest BCUT2D eigenvalue weighted by atomic mass is 9.95. The standard InChI is InChI=1S/C29H38N4O8/c1-7-17(3)41-22-11-9-19(13-23(22)37-5)15-30-33-25(34)16-40-21-12-10-20(14-24(21)39-8-2)27-26(28(35)38-6)18(4)31-29(36)32-27/h9-15,17,25,27,33-34H,7-8,16H2,1-6H3,(H2,31,32,36)/b30-15-/t17-,25+,27-/m0/s1. The average molecular weight is 571 g/mol. The van der Waals surface area contributed by atoms with E-state index in [-0.39, 0.29) is 18.3 Å². The van der Waals surface area contributed by atoms with Gasteiger partial charge in [-0.25, -0.2) is 9.59 Å². The molecule has 0 aliphatic carbocycles. The molecule has 0 fully saturated rings. The summed E-state index contributed by atoms with van der Waals surface area (Å²) in [6, 6.07) is 9.25. The van der Waals surface area contributed by atoms with Crippen LogP contribution in [0.3, 0.4) is 0 Å². The van der Waals surface area contributed by atoms with Crippen LogP contribution in [0.2, 0.25) is 0 Å². The molecule has 12 nitrogen and oxygen atoms in total. The van der Waals surface area contributed by atoms with Gasteiger partial charge in [-0.2, -0.15) is 5.10 Å². The Hall–Kier alpha value is -4.45. The van der Waals surface area contributed by atoms with Crippen LogP contribution in [0.4, 0.5) is 4.79 Å². The van der Waals surface area contributed by atoms with E-state index in [1.54, 1.807) is 44.5 Å². The molecule has 12 heteroatoms. The summed E-state index contributed by atoms with van der Waals surface area (Å²) in [7, 11) is 2.85. The number of hydrogen-bond donors (Lipinski definition) is 4. The van der Waals surface area contributed by atoms with Crippen molar-refractivity contribution in [2.24, 2.45) is 5.10 Å². The SMILES string of the molecule is CCOc1cc([C@@H]2NC(=O)NC(C)=C2C(=O)OC)ccc1OC[C@@H](O)N/N=C\c1ccc(O[C@@H](C)CC)c(OC)c1. The Morgan fingerprint density at radius 3 is 2.54 bits per heavy atom. The highest BCUT2D eigenvalue weighted by molar-refractivity contribution is 5.95. The highest BCUT2D eigenvalue weighted by atomic mass is 16.5. The molecule has 0 bridgehead atoms. The maximum atomic E-state index is 12.4. The van der Waals surface area contributed by atoms with E-state index in [4.69, 9.17) is 23.7 Å². The van der Waals surface area contributed by atoms with Gasteiger partial charge in [-0.05, 0) is 68.7 Å². The van der Waals surface area contributed by atoms with Gasteiger partial charge in [-0.15, -0.1) is 0 Å². The van der Waals surface area contributed by atoms with Crippen LogP contribution in [0.5, 0.6) is 23.0 Å². The van der Waals surface area contributed by atoms with Gasteiger partial charge in [0.05, 0.1) is 44.8 Å². The van der Waals surface area contributed by atoms with Crippen molar-refractivity contribution in [1.29, 1.82) is 0 Å². The number of nitrogens with one attached hydrogen (secondary N) is 3. The van der Waals surface area contributed by atoms with E-state index < -0.39 is 24.3 Å². The van der Waals surface area contributed by atoms with Crippen molar-refractivity contribution in [3.8, 4) is 23.0 Å². The van der Waals surface area contributed by atoms with Crippen LogP contribution in [0.25, 0.3) is 0 Å². The molecule has 222 valence electrons. The molecule has 0 radical (unpaired) electrons. The normalized spacial score (nSPS) is 16.4. The summed E-state index contributed by atoms with van der Waals surface area (Å²) in [5.41, 5.74) is 4.63. The van der Waals surface area contributed by atoms with Gasteiger partial charge in [0.15, 0.2) is 29.2 Å². The van der Waals surface area contributed by atoms with Gasteiger partial charge in [-0.1, -0.05) is 13.0 Å². The van der Waals surface area contributed by atoms with Gasteiger partial charge in [-0.3, -0.25) is 5.43 Å². The average Bonchev–Trinajstić information content (AvgIpc) is 2.96. The molecule has 0 saturated heterocycles. The number of carbonyl (C=O) groups excluding carboxylic acids is 2. The number of methoxy groups -OCH3 is 2. The van der Waals surface area contributed by atoms with Crippen molar-refractivity contribution in [3.63, 3.8) is 0 Å². The molecular formula is C29H38N4O8. The number of hydrogen-bond acceptors (Lipinski definition) is 10. The van der Waals surface area contributed by atoms with Crippen molar-refractivity contribution in [2.45, 2.75) is 52.5 Å². The fourth-order valence-electron chi connectivity index (χ4n) is 3.98. The molecule has 0 unspecified atom stereocenters. The van der Waals surface area contributed by atoms with Gasteiger partial charge in [0.1, 0.15) is 6.61 Å². The number of hydrazone groups is 1. The third kappa shape index (κ3) is 8.27. The summed E-state index contributed by atoms with van der Waals surface area (Å²) in [5.74, 6) is 1.40. The molecule has 0 aromatic heterocycles. The fourth-order valence-corrected chi connectivity index (χ4v) is 3.98. The van der Waals surface area contributed by atoms with Crippen LogP contribution in [0.15, 0.2) is 52.8 Å². The second kappa shape index (κ2) is 14.8. The Balaban J connectivity index is 1.66. The number of benzene rings is 2. The number of ether oxygens (including phenoxy) is 5. The zero-order valence-electron chi connectivity index (χ0n) is 24.1. The second-order valence-electron chi connectivity index (χ2n) is 9.16. The lowest BCUT2D eigenvalue weighted by Gasteiger charge is -2.28.